The van der Waals surface area contributed by atoms with E-state index in [4.69, 9.17) is 5.73 Å². The van der Waals surface area contributed by atoms with Crippen molar-refractivity contribution in [3.05, 3.63) is 51.7 Å². The van der Waals surface area contributed by atoms with Crippen molar-refractivity contribution < 1.29 is 0 Å². The van der Waals surface area contributed by atoms with Crippen LogP contribution in [-0.4, -0.2) is 6.04 Å². The minimum atomic E-state index is 0.148. The smallest absolute Gasteiger partial charge is 0.0586 e. The van der Waals surface area contributed by atoms with Crippen LogP contribution < -0.4 is 5.73 Å². The van der Waals surface area contributed by atoms with Crippen LogP contribution in [0.4, 0.5) is 0 Å². The molecule has 0 aliphatic carbocycles. The van der Waals surface area contributed by atoms with Crippen LogP contribution in [0.25, 0.3) is 0 Å². The number of benzene rings is 1. The highest BCUT2D eigenvalue weighted by atomic mass is 32.2. The van der Waals surface area contributed by atoms with Crippen LogP contribution in [0.1, 0.15) is 28.2 Å². The summed E-state index contributed by atoms with van der Waals surface area (Å²) in [5.74, 6) is 0. The Morgan fingerprint density at radius 3 is 2.56 bits per heavy atom. The first-order chi connectivity index (χ1) is 8.58. The van der Waals surface area contributed by atoms with Crippen LogP contribution in [-0.2, 0) is 0 Å². The van der Waals surface area contributed by atoms with E-state index < -0.39 is 0 Å². The molecule has 1 aromatic heterocycles. The van der Waals surface area contributed by atoms with E-state index in [2.05, 4.69) is 56.5 Å². The Kier molecular flexibility index (Phi) is 4.49. The highest BCUT2D eigenvalue weighted by molar-refractivity contribution is 7.99. The number of nitrogens with two attached hydrogens (primary N) is 1. The summed E-state index contributed by atoms with van der Waals surface area (Å²) in [4.78, 5) is 2.69. The van der Waals surface area contributed by atoms with Gasteiger partial charge in [-0.1, -0.05) is 23.8 Å². The summed E-state index contributed by atoms with van der Waals surface area (Å²) in [6.07, 6.45) is 0. The van der Waals surface area contributed by atoms with Crippen molar-refractivity contribution in [1.29, 1.82) is 0 Å². The fourth-order valence-electron chi connectivity index (χ4n) is 1.95. The Balaban J connectivity index is 2.24. The van der Waals surface area contributed by atoms with Gasteiger partial charge in [0.2, 0.25) is 0 Å². The first-order valence-corrected chi connectivity index (χ1v) is 7.87. The lowest BCUT2D eigenvalue weighted by Crippen LogP contribution is -2.21. The van der Waals surface area contributed by atoms with Crippen LogP contribution >= 0.6 is 23.1 Å². The SMILES string of the molecule is Cc1ccc(SC(c2cccs2)C(C)N)c(C)c1. The number of thiophene rings is 1. The summed E-state index contributed by atoms with van der Waals surface area (Å²) in [7, 11) is 0. The van der Waals surface area contributed by atoms with Crippen molar-refractivity contribution in [3.63, 3.8) is 0 Å². The Morgan fingerprint density at radius 2 is 2.00 bits per heavy atom. The van der Waals surface area contributed by atoms with E-state index >= 15 is 0 Å². The van der Waals surface area contributed by atoms with E-state index in [1.807, 2.05) is 11.8 Å². The molecule has 1 nitrogen and oxygen atoms in total. The lowest BCUT2D eigenvalue weighted by molar-refractivity contribution is 0.730. The van der Waals surface area contributed by atoms with Crippen molar-refractivity contribution in [2.75, 3.05) is 0 Å². The quantitative estimate of drug-likeness (QED) is 0.830. The van der Waals surface area contributed by atoms with Gasteiger partial charge in [0, 0.05) is 15.8 Å². The van der Waals surface area contributed by atoms with Gasteiger partial charge in [0.25, 0.3) is 0 Å². The molecule has 3 heteroatoms. The third kappa shape index (κ3) is 3.16. The van der Waals surface area contributed by atoms with Gasteiger partial charge >= 0.3 is 0 Å². The highest BCUT2D eigenvalue weighted by Gasteiger charge is 2.19. The van der Waals surface area contributed by atoms with Crippen LogP contribution in [0.15, 0.2) is 40.6 Å². The maximum absolute atomic E-state index is 6.14. The second kappa shape index (κ2) is 5.91. The topological polar surface area (TPSA) is 26.0 Å². The van der Waals surface area contributed by atoms with Gasteiger partial charge < -0.3 is 5.73 Å². The zero-order valence-corrected chi connectivity index (χ0v) is 12.6. The molecule has 1 heterocycles. The van der Waals surface area contributed by atoms with Gasteiger partial charge in [-0.2, -0.15) is 0 Å². The predicted octanol–water partition coefficient (Wildman–Crippen LogP) is 4.55. The lowest BCUT2D eigenvalue weighted by Gasteiger charge is -2.20. The number of thioether (sulfide) groups is 1. The third-order valence-corrected chi connectivity index (χ3v) is 5.64. The minimum Gasteiger partial charge on any atom is -0.327 e. The van der Waals surface area contributed by atoms with E-state index in [0.717, 1.165) is 0 Å². The maximum atomic E-state index is 6.14. The summed E-state index contributed by atoms with van der Waals surface area (Å²) in [5, 5.41) is 2.46. The molecule has 0 saturated carbocycles. The molecule has 96 valence electrons. The minimum absolute atomic E-state index is 0.148. The summed E-state index contributed by atoms with van der Waals surface area (Å²) in [6, 6.07) is 11.0. The molecule has 0 aliphatic heterocycles. The van der Waals surface area contributed by atoms with Gasteiger partial charge in [0.1, 0.15) is 0 Å². The number of hydrogen-bond acceptors (Lipinski definition) is 3. The van der Waals surface area contributed by atoms with Gasteiger partial charge in [0.05, 0.1) is 5.25 Å². The lowest BCUT2D eigenvalue weighted by atomic mass is 10.2. The second-order valence-electron chi connectivity index (χ2n) is 4.68. The number of hydrogen-bond donors (Lipinski definition) is 1. The summed E-state index contributed by atoms with van der Waals surface area (Å²) >= 11 is 3.66. The van der Waals surface area contributed by atoms with Crippen molar-refractivity contribution >= 4 is 23.1 Å². The summed E-state index contributed by atoms with van der Waals surface area (Å²) in [5.41, 5.74) is 8.79. The summed E-state index contributed by atoms with van der Waals surface area (Å²) in [6.45, 7) is 6.38. The Bertz CT molecular complexity index is 503. The number of aryl methyl sites for hydroxylation is 2. The fraction of sp³-hybridized carbons (Fsp3) is 0.333. The maximum Gasteiger partial charge on any atom is 0.0586 e. The van der Waals surface area contributed by atoms with E-state index in [9.17, 15) is 0 Å². The van der Waals surface area contributed by atoms with Crippen molar-refractivity contribution in [3.8, 4) is 0 Å². The van der Waals surface area contributed by atoms with Crippen LogP contribution in [0, 0.1) is 13.8 Å². The molecule has 2 atom stereocenters. The molecular formula is C15H19NS2. The highest BCUT2D eigenvalue weighted by Crippen LogP contribution is 2.40. The van der Waals surface area contributed by atoms with Crippen LogP contribution in [0.5, 0.6) is 0 Å². The predicted molar refractivity (Wildman–Crippen MR) is 82.5 cm³/mol. The van der Waals surface area contributed by atoms with E-state index in [-0.39, 0.29) is 6.04 Å². The monoisotopic (exact) mass is 277 g/mol. The second-order valence-corrected chi connectivity index (χ2v) is 6.84. The van der Waals surface area contributed by atoms with Gasteiger partial charge in [-0.25, -0.2) is 0 Å². The van der Waals surface area contributed by atoms with E-state index in [0.29, 0.717) is 5.25 Å². The molecule has 2 N–H and O–H groups in total. The van der Waals surface area contributed by atoms with Gasteiger partial charge in [-0.05, 0) is 43.8 Å². The molecule has 0 amide bonds. The standard InChI is InChI=1S/C15H19NS2/c1-10-6-7-13(11(2)9-10)18-15(12(3)16)14-5-4-8-17-14/h4-9,12,15H,16H2,1-3H3. The Labute approximate surface area is 117 Å². The molecule has 0 radical (unpaired) electrons. The van der Waals surface area contributed by atoms with Gasteiger partial charge in [-0.3, -0.25) is 0 Å². The zero-order chi connectivity index (χ0) is 13.1. The molecule has 0 spiro atoms. The number of rotatable bonds is 4. The molecule has 0 fully saturated rings. The normalized spacial score (nSPS) is 14.4. The Hall–Kier alpha value is -0.770. The molecule has 18 heavy (non-hydrogen) atoms. The van der Waals surface area contributed by atoms with E-state index in [1.54, 1.807) is 11.3 Å². The van der Waals surface area contributed by atoms with Gasteiger partial charge in [0.15, 0.2) is 0 Å². The fourth-order valence-corrected chi connectivity index (χ4v) is 4.15. The average molecular weight is 277 g/mol. The van der Waals surface area contributed by atoms with Crippen molar-refractivity contribution in [2.24, 2.45) is 5.73 Å². The van der Waals surface area contributed by atoms with Crippen molar-refractivity contribution in [2.45, 2.75) is 37.0 Å². The van der Waals surface area contributed by atoms with Gasteiger partial charge in [-0.15, -0.1) is 23.1 Å². The van der Waals surface area contributed by atoms with Crippen molar-refractivity contribution in [1.82, 2.24) is 0 Å². The molecule has 0 saturated heterocycles. The largest absolute Gasteiger partial charge is 0.327 e. The molecule has 2 rings (SSSR count). The Morgan fingerprint density at radius 1 is 1.22 bits per heavy atom. The average Bonchev–Trinajstić information content (AvgIpc) is 2.80. The molecule has 0 bridgehead atoms. The molecular weight excluding hydrogens is 258 g/mol. The summed E-state index contributed by atoms with van der Waals surface area (Å²) < 4.78 is 0. The molecule has 2 unspecified atom stereocenters. The van der Waals surface area contributed by atoms with Crippen LogP contribution in [0.3, 0.4) is 0 Å². The molecule has 0 aliphatic rings. The third-order valence-electron chi connectivity index (χ3n) is 2.89. The first-order valence-electron chi connectivity index (χ1n) is 6.11. The molecule has 1 aromatic carbocycles. The van der Waals surface area contributed by atoms with Crippen LogP contribution in [0.2, 0.25) is 0 Å². The molecule has 2 aromatic rings. The van der Waals surface area contributed by atoms with E-state index in [1.165, 1.54) is 20.9 Å². The zero-order valence-electron chi connectivity index (χ0n) is 11.0. The first kappa shape index (κ1) is 13.7.